The molecule has 3 aromatic carbocycles. The molecular weight excluding hydrogens is 268 g/mol. The first-order valence-electron chi connectivity index (χ1n) is 6.69. The Morgan fingerprint density at radius 1 is 0.905 bits per heavy atom. The Balaban J connectivity index is 2.19. The molecule has 4 rings (SSSR count). The normalized spacial score (nSPS) is 12.9. The van der Waals surface area contributed by atoms with E-state index in [1.54, 1.807) is 14.2 Å². The third-order valence-corrected chi connectivity index (χ3v) is 3.84. The lowest BCUT2D eigenvalue weighted by molar-refractivity contribution is 0.175. The minimum Gasteiger partial charge on any atom is -0.497 e. The molecule has 4 heteroatoms. The molecule has 4 nitrogen and oxygen atoms in total. The summed E-state index contributed by atoms with van der Waals surface area (Å²) in [6, 6.07) is 12.0. The summed E-state index contributed by atoms with van der Waals surface area (Å²) in [6.07, 6.45) is 0. The smallest absolute Gasteiger partial charge is 0.231 e. The molecular formula is C17H14O4. The van der Waals surface area contributed by atoms with Gasteiger partial charge in [-0.25, -0.2) is 0 Å². The van der Waals surface area contributed by atoms with Crippen LogP contribution in [0.1, 0.15) is 0 Å². The van der Waals surface area contributed by atoms with Gasteiger partial charge in [0.15, 0.2) is 11.5 Å². The summed E-state index contributed by atoms with van der Waals surface area (Å²) in [6.45, 7) is 0.256. The monoisotopic (exact) mass is 282 g/mol. The summed E-state index contributed by atoms with van der Waals surface area (Å²) in [5.74, 6) is 3.09. The molecule has 0 bridgehead atoms. The minimum atomic E-state index is 0.256. The number of hydrogen-bond donors (Lipinski definition) is 0. The van der Waals surface area contributed by atoms with Gasteiger partial charge in [-0.05, 0) is 17.5 Å². The van der Waals surface area contributed by atoms with Crippen molar-refractivity contribution >= 4 is 21.5 Å². The lowest BCUT2D eigenvalue weighted by Crippen LogP contribution is -1.93. The van der Waals surface area contributed by atoms with Gasteiger partial charge in [-0.2, -0.15) is 0 Å². The average molecular weight is 282 g/mol. The molecule has 0 atom stereocenters. The Hall–Kier alpha value is -2.62. The van der Waals surface area contributed by atoms with Gasteiger partial charge in [0.25, 0.3) is 0 Å². The number of benzene rings is 3. The number of methoxy groups -OCH3 is 2. The fourth-order valence-corrected chi connectivity index (χ4v) is 2.84. The van der Waals surface area contributed by atoms with Crippen LogP contribution < -0.4 is 18.9 Å². The summed E-state index contributed by atoms with van der Waals surface area (Å²) in [5, 5.41) is 4.18. The van der Waals surface area contributed by atoms with Crippen LogP contribution in [0.15, 0.2) is 36.4 Å². The maximum Gasteiger partial charge on any atom is 0.231 e. The highest BCUT2D eigenvalue weighted by atomic mass is 16.7. The van der Waals surface area contributed by atoms with Crippen molar-refractivity contribution in [3.63, 3.8) is 0 Å². The molecule has 0 aromatic heterocycles. The van der Waals surface area contributed by atoms with E-state index in [0.29, 0.717) is 0 Å². The van der Waals surface area contributed by atoms with Gasteiger partial charge in [0.1, 0.15) is 11.5 Å². The molecule has 0 amide bonds. The zero-order chi connectivity index (χ0) is 14.4. The maximum absolute atomic E-state index is 5.66. The fourth-order valence-electron chi connectivity index (χ4n) is 2.84. The Kier molecular flexibility index (Phi) is 2.57. The predicted octanol–water partition coefficient (Wildman–Crippen LogP) is 3.74. The Bertz CT molecular complexity index is 854. The third-order valence-electron chi connectivity index (χ3n) is 3.84. The second-order valence-corrected chi connectivity index (χ2v) is 4.89. The van der Waals surface area contributed by atoms with E-state index < -0.39 is 0 Å². The highest BCUT2D eigenvalue weighted by Gasteiger charge is 2.19. The van der Waals surface area contributed by atoms with Crippen LogP contribution in [0.25, 0.3) is 21.5 Å². The van der Waals surface area contributed by atoms with Gasteiger partial charge in [-0.3, -0.25) is 0 Å². The molecule has 3 aromatic rings. The van der Waals surface area contributed by atoms with Crippen molar-refractivity contribution < 1.29 is 18.9 Å². The summed E-state index contributed by atoms with van der Waals surface area (Å²) >= 11 is 0. The lowest BCUT2D eigenvalue weighted by Gasteiger charge is -2.12. The van der Waals surface area contributed by atoms with Crippen molar-refractivity contribution in [2.24, 2.45) is 0 Å². The van der Waals surface area contributed by atoms with Gasteiger partial charge >= 0.3 is 0 Å². The Morgan fingerprint density at radius 2 is 1.76 bits per heavy atom. The molecule has 0 unspecified atom stereocenters. The molecule has 1 heterocycles. The number of ether oxygens (including phenoxy) is 4. The van der Waals surface area contributed by atoms with Crippen molar-refractivity contribution in [1.29, 1.82) is 0 Å². The van der Waals surface area contributed by atoms with Crippen LogP contribution in [0.5, 0.6) is 23.0 Å². The van der Waals surface area contributed by atoms with Crippen LogP contribution >= 0.6 is 0 Å². The summed E-state index contributed by atoms with van der Waals surface area (Å²) in [4.78, 5) is 0. The van der Waals surface area contributed by atoms with Crippen LogP contribution in [-0.2, 0) is 0 Å². The quantitative estimate of drug-likeness (QED) is 0.671. The van der Waals surface area contributed by atoms with Gasteiger partial charge in [0.2, 0.25) is 6.79 Å². The van der Waals surface area contributed by atoms with Gasteiger partial charge in [0.05, 0.1) is 14.2 Å². The molecule has 1 aliphatic heterocycles. The Morgan fingerprint density at radius 3 is 2.57 bits per heavy atom. The molecule has 1 aliphatic rings. The number of fused-ring (bicyclic) bond motifs is 5. The largest absolute Gasteiger partial charge is 0.497 e. The molecule has 0 saturated heterocycles. The van der Waals surface area contributed by atoms with Crippen LogP contribution in [0.3, 0.4) is 0 Å². The van der Waals surface area contributed by atoms with Gasteiger partial charge in [-0.1, -0.05) is 18.2 Å². The van der Waals surface area contributed by atoms with Crippen molar-refractivity contribution in [2.45, 2.75) is 0 Å². The lowest BCUT2D eigenvalue weighted by atomic mass is 10.00. The third kappa shape index (κ3) is 1.69. The van der Waals surface area contributed by atoms with Crippen LogP contribution in [0.2, 0.25) is 0 Å². The molecule has 0 fully saturated rings. The first kappa shape index (κ1) is 12.1. The predicted molar refractivity (Wildman–Crippen MR) is 80.7 cm³/mol. The van der Waals surface area contributed by atoms with E-state index in [-0.39, 0.29) is 6.79 Å². The molecule has 0 radical (unpaired) electrons. The van der Waals surface area contributed by atoms with Crippen molar-refractivity contribution in [3.05, 3.63) is 36.4 Å². The second kappa shape index (κ2) is 4.45. The van der Waals surface area contributed by atoms with Crippen LogP contribution in [0.4, 0.5) is 0 Å². The van der Waals surface area contributed by atoms with E-state index in [9.17, 15) is 0 Å². The van der Waals surface area contributed by atoms with E-state index in [2.05, 4.69) is 12.1 Å². The summed E-state index contributed by atoms with van der Waals surface area (Å²) in [7, 11) is 3.31. The Labute approximate surface area is 121 Å². The summed E-state index contributed by atoms with van der Waals surface area (Å²) in [5.41, 5.74) is 0. The second-order valence-electron chi connectivity index (χ2n) is 4.89. The van der Waals surface area contributed by atoms with E-state index >= 15 is 0 Å². The first-order valence-corrected chi connectivity index (χ1v) is 6.69. The molecule has 0 spiro atoms. The zero-order valence-electron chi connectivity index (χ0n) is 11.8. The SMILES string of the molecule is COc1cc(OC)c2ccc3ccc4c(c3c2c1)OCO4. The molecule has 106 valence electrons. The molecule has 21 heavy (non-hydrogen) atoms. The van der Waals surface area contributed by atoms with Crippen LogP contribution in [-0.4, -0.2) is 21.0 Å². The highest BCUT2D eigenvalue weighted by molar-refractivity contribution is 6.13. The standard InChI is InChI=1S/C17H14O4/c1-18-11-7-13-12(15(8-11)19-2)5-3-10-4-6-14-17(16(10)13)21-9-20-14/h3-8H,9H2,1-2H3. The van der Waals surface area contributed by atoms with E-state index in [4.69, 9.17) is 18.9 Å². The van der Waals surface area contributed by atoms with Gasteiger partial charge in [0, 0.05) is 22.2 Å². The van der Waals surface area contributed by atoms with Crippen LogP contribution in [0, 0.1) is 0 Å². The average Bonchev–Trinajstić information content (AvgIpc) is 3.01. The fraction of sp³-hybridized carbons (Fsp3) is 0.176. The molecule has 0 aliphatic carbocycles. The van der Waals surface area contributed by atoms with Crippen molar-refractivity contribution in [1.82, 2.24) is 0 Å². The van der Waals surface area contributed by atoms with E-state index in [0.717, 1.165) is 44.5 Å². The van der Waals surface area contributed by atoms with E-state index in [1.165, 1.54) is 0 Å². The minimum absolute atomic E-state index is 0.256. The molecule has 0 saturated carbocycles. The van der Waals surface area contributed by atoms with Gasteiger partial charge < -0.3 is 18.9 Å². The number of rotatable bonds is 2. The van der Waals surface area contributed by atoms with Crippen molar-refractivity contribution in [2.75, 3.05) is 21.0 Å². The summed E-state index contributed by atoms with van der Waals surface area (Å²) < 4.78 is 22.0. The van der Waals surface area contributed by atoms with Crippen molar-refractivity contribution in [3.8, 4) is 23.0 Å². The van der Waals surface area contributed by atoms with E-state index in [1.807, 2.05) is 24.3 Å². The molecule has 0 N–H and O–H groups in total. The topological polar surface area (TPSA) is 36.9 Å². The van der Waals surface area contributed by atoms with Gasteiger partial charge in [-0.15, -0.1) is 0 Å². The zero-order valence-corrected chi connectivity index (χ0v) is 11.8. The maximum atomic E-state index is 5.66. The first-order chi connectivity index (χ1) is 10.3. The number of hydrogen-bond acceptors (Lipinski definition) is 4. The highest BCUT2D eigenvalue weighted by Crippen LogP contribution is 2.45.